The molecule has 170 valence electrons. The summed E-state index contributed by atoms with van der Waals surface area (Å²) >= 11 is 0. The largest absolute Gasteiger partial charge is 0.422 e. The van der Waals surface area contributed by atoms with Crippen LogP contribution in [0.4, 0.5) is 22.0 Å². The van der Waals surface area contributed by atoms with E-state index >= 15 is 0 Å². The molecule has 0 fully saturated rings. The first-order valence-corrected chi connectivity index (χ1v) is 11.1. The lowest BCUT2D eigenvalue weighted by Gasteiger charge is -2.21. The number of aryl methyl sites for hydroxylation is 3. The maximum absolute atomic E-state index is 13.8. The first-order chi connectivity index (χ1) is 15.8. The summed E-state index contributed by atoms with van der Waals surface area (Å²) in [6.07, 6.45) is 1.41. The van der Waals surface area contributed by atoms with Gasteiger partial charge in [-0.3, -0.25) is 0 Å². The Morgan fingerprint density at radius 3 is 2.00 bits per heavy atom. The molecule has 1 aliphatic rings. The van der Waals surface area contributed by atoms with Crippen LogP contribution in [-0.2, 0) is 25.4 Å². The van der Waals surface area contributed by atoms with Crippen molar-refractivity contribution >= 4 is 0 Å². The molecule has 0 N–H and O–H groups in total. The van der Waals surface area contributed by atoms with Crippen LogP contribution in [0, 0.1) is 23.5 Å². The van der Waals surface area contributed by atoms with E-state index in [-0.39, 0.29) is 5.56 Å². The first kappa shape index (κ1) is 23.0. The number of rotatable bonds is 4. The average Bonchev–Trinajstić information content (AvgIpc) is 2.76. The van der Waals surface area contributed by atoms with E-state index in [2.05, 4.69) is 37.0 Å². The van der Waals surface area contributed by atoms with Crippen molar-refractivity contribution in [2.45, 2.75) is 51.6 Å². The molecule has 1 aliphatic carbocycles. The van der Waals surface area contributed by atoms with E-state index in [1.807, 2.05) is 18.2 Å². The van der Waals surface area contributed by atoms with E-state index in [0.717, 1.165) is 30.4 Å². The molecule has 0 aromatic heterocycles. The average molecular weight is 454 g/mol. The van der Waals surface area contributed by atoms with Crippen LogP contribution >= 0.6 is 0 Å². The summed E-state index contributed by atoms with van der Waals surface area (Å²) in [5.41, 5.74) is 4.81. The fraction of sp³-hybridized carbons (Fsp3) is 0.286. The summed E-state index contributed by atoms with van der Waals surface area (Å²) in [5, 5.41) is 0. The van der Waals surface area contributed by atoms with Crippen molar-refractivity contribution in [1.82, 2.24) is 0 Å². The molecule has 3 aromatic carbocycles. The molecule has 0 spiro atoms. The van der Waals surface area contributed by atoms with Crippen LogP contribution in [0.15, 0.2) is 48.5 Å². The van der Waals surface area contributed by atoms with Crippen molar-refractivity contribution in [2.24, 2.45) is 0 Å². The molecule has 0 atom stereocenters. The molecule has 5 heteroatoms. The van der Waals surface area contributed by atoms with Gasteiger partial charge < -0.3 is 0 Å². The van der Waals surface area contributed by atoms with Crippen LogP contribution < -0.4 is 0 Å². The molecule has 33 heavy (non-hydrogen) atoms. The Morgan fingerprint density at radius 2 is 1.36 bits per heavy atom. The minimum absolute atomic E-state index is 0.142. The van der Waals surface area contributed by atoms with Gasteiger partial charge in [-0.2, -0.15) is 13.2 Å². The lowest BCUT2D eigenvalue weighted by molar-refractivity contribution is -0.142. The topological polar surface area (TPSA) is 0 Å². The summed E-state index contributed by atoms with van der Waals surface area (Å²) in [4.78, 5) is 0. The zero-order valence-corrected chi connectivity index (χ0v) is 18.3. The van der Waals surface area contributed by atoms with Crippen LogP contribution in [0.3, 0.4) is 0 Å². The summed E-state index contributed by atoms with van der Waals surface area (Å²) in [6.45, 7) is 2.20. The zero-order chi connectivity index (χ0) is 23.6. The minimum Gasteiger partial charge on any atom is -0.206 e. The molecule has 0 saturated heterocycles. The molecule has 0 amide bonds. The lowest BCUT2D eigenvalue weighted by Crippen LogP contribution is -2.11. The molecule has 0 unspecified atom stereocenters. The van der Waals surface area contributed by atoms with Crippen molar-refractivity contribution in [1.29, 1.82) is 0 Å². The number of hydrogen-bond acceptors (Lipinski definition) is 0. The second-order valence-electron chi connectivity index (χ2n) is 8.38. The van der Waals surface area contributed by atoms with Crippen LogP contribution in [0.1, 0.15) is 59.6 Å². The molecule has 0 heterocycles. The summed E-state index contributed by atoms with van der Waals surface area (Å²) < 4.78 is 65.8. The van der Waals surface area contributed by atoms with E-state index in [9.17, 15) is 22.0 Å². The summed E-state index contributed by atoms with van der Waals surface area (Å²) in [5.74, 6) is 2.07. The number of fused-ring (bicyclic) bond motifs is 3. The Morgan fingerprint density at radius 1 is 0.758 bits per heavy atom. The van der Waals surface area contributed by atoms with Gasteiger partial charge in [-0.05, 0) is 77.8 Å². The number of halogens is 5. The maximum atomic E-state index is 13.8. The third-order valence-electron chi connectivity index (χ3n) is 5.97. The van der Waals surface area contributed by atoms with Gasteiger partial charge in [0.25, 0.3) is 0 Å². The van der Waals surface area contributed by atoms with E-state index in [4.69, 9.17) is 0 Å². The molecular formula is C28H23F5. The van der Waals surface area contributed by atoms with Crippen molar-refractivity contribution in [3.8, 4) is 23.0 Å². The van der Waals surface area contributed by atoms with E-state index in [1.165, 1.54) is 36.0 Å². The minimum atomic E-state index is -5.09. The molecule has 0 nitrogen and oxygen atoms in total. The highest BCUT2D eigenvalue weighted by molar-refractivity contribution is 5.74. The highest BCUT2D eigenvalue weighted by atomic mass is 19.4. The highest BCUT2D eigenvalue weighted by Gasteiger charge is 2.37. The molecule has 3 aromatic rings. The standard InChI is InChI=1S/C28H23F5/c1-2-3-4-5-18-8-12-23-21(14-18)10-11-22-15-19(9-13-24(22)23)6-7-20-16-25(29)27(26(30)17-20)28(31,32)33/h8-9,12-17H,2-5,10-11H2,1H3. The van der Waals surface area contributed by atoms with Crippen LogP contribution in [0.5, 0.6) is 0 Å². The second-order valence-corrected chi connectivity index (χ2v) is 8.38. The quantitative estimate of drug-likeness (QED) is 0.214. The third-order valence-corrected chi connectivity index (χ3v) is 5.97. The van der Waals surface area contributed by atoms with Crippen molar-refractivity contribution in [3.05, 3.63) is 93.5 Å². The Labute approximate surface area is 190 Å². The lowest BCUT2D eigenvalue weighted by atomic mass is 9.83. The molecule has 0 radical (unpaired) electrons. The van der Waals surface area contributed by atoms with Gasteiger partial charge in [-0.25, -0.2) is 8.78 Å². The fourth-order valence-electron chi connectivity index (χ4n) is 4.32. The fourth-order valence-corrected chi connectivity index (χ4v) is 4.32. The summed E-state index contributed by atoms with van der Waals surface area (Å²) in [6, 6.07) is 13.7. The maximum Gasteiger partial charge on any atom is 0.422 e. The predicted octanol–water partition coefficient (Wildman–Crippen LogP) is 7.88. The summed E-state index contributed by atoms with van der Waals surface area (Å²) in [7, 11) is 0. The molecule has 0 saturated carbocycles. The van der Waals surface area contributed by atoms with Gasteiger partial charge in [0, 0.05) is 11.1 Å². The van der Waals surface area contributed by atoms with Gasteiger partial charge >= 0.3 is 6.18 Å². The van der Waals surface area contributed by atoms with Gasteiger partial charge in [0.1, 0.15) is 17.2 Å². The molecular weight excluding hydrogens is 431 g/mol. The Balaban J connectivity index is 1.57. The second kappa shape index (κ2) is 9.39. The number of benzene rings is 3. The molecule has 0 aliphatic heterocycles. The Bertz CT molecular complexity index is 1220. The van der Waals surface area contributed by atoms with Crippen molar-refractivity contribution in [3.63, 3.8) is 0 Å². The van der Waals surface area contributed by atoms with Crippen molar-refractivity contribution in [2.75, 3.05) is 0 Å². The Kier molecular flexibility index (Phi) is 6.56. The van der Waals surface area contributed by atoms with Crippen LogP contribution in [0.2, 0.25) is 0 Å². The van der Waals surface area contributed by atoms with Crippen molar-refractivity contribution < 1.29 is 22.0 Å². The van der Waals surface area contributed by atoms with Gasteiger partial charge in [0.15, 0.2) is 0 Å². The number of unbranched alkanes of at least 4 members (excludes halogenated alkanes) is 2. The van der Waals surface area contributed by atoms with Gasteiger partial charge in [-0.15, -0.1) is 0 Å². The molecule has 4 rings (SSSR count). The van der Waals surface area contributed by atoms with E-state index < -0.39 is 23.4 Å². The Hall–Kier alpha value is -3.13. The van der Waals surface area contributed by atoms with Gasteiger partial charge in [0.2, 0.25) is 0 Å². The van der Waals surface area contributed by atoms with Gasteiger partial charge in [-0.1, -0.05) is 55.9 Å². The third kappa shape index (κ3) is 5.11. The first-order valence-electron chi connectivity index (χ1n) is 11.1. The SMILES string of the molecule is CCCCCc1ccc2c(c1)CCc1cc(C#Cc3cc(F)c(C(F)(F)F)c(F)c3)ccc1-2. The van der Waals surface area contributed by atoms with Crippen LogP contribution in [-0.4, -0.2) is 0 Å². The smallest absolute Gasteiger partial charge is 0.206 e. The number of alkyl halides is 3. The van der Waals surface area contributed by atoms with Crippen LogP contribution in [0.25, 0.3) is 11.1 Å². The van der Waals surface area contributed by atoms with E-state index in [1.54, 1.807) is 0 Å². The monoisotopic (exact) mass is 454 g/mol. The predicted molar refractivity (Wildman–Crippen MR) is 120 cm³/mol. The molecule has 0 bridgehead atoms. The number of hydrogen-bond donors (Lipinski definition) is 0. The normalized spacial score (nSPS) is 12.5. The highest BCUT2D eigenvalue weighted by Crippen LogP contribution is 2.35. The zero-order valence-electron chi connectivity index (χ0n) is 18.3. The van der Waals surface area contributed by atoms with Gasteiger partial charge in [0.05, 0.1) is 0 Å². The van der Waals surface area contributed by atoms with E-state index in [0.29, 0.717) is 17.7 Å².